The molecule has 0 saturated carbocycles. The van der Waals surface area contributed by atoms with Crippen molar-refractivity contribution < 1.29 is 9.53 Å². The van der Waals surface area contributed by atoms with E-state index >= 15 is 0 Å². The number of carbonyl (C=O) groups excluding carboxylic acids is 1. The van der Waals surface area contributed by atoms with E-state index in [0.717, 1.165) is 19.4 Å². The summed E-state index contributed by atoms with van der Waals surface area (Å²) < 4.78 is 8.67. The van der Waals surface area contributed by atoms with Gasteiger partial charge in [0.25, 0.3) is 11.5 Å². The third-order valence-electron chi connectivity index (χ3n) is 4.23. The first kappa shape index (κ1) is 16.4. The Morgan fingerprint density at radius 2 is 2.25 bits per heavy atom. The fraction of sp³-hybridized carbons (Fsp3) is 0.500. The van der Waals surface area contributed by atoms with E-state index in [-0.39, 0.29) is 23.2 Å². The molecular formula is C16H21N5O3. The van der Waals surface area contributed by atoms with Gasteiger partial charge in [0.1, 0.15) is 11.4 Å². The molecule has 1 aliphatic rings. The molecule has 1 N–H and O–H groups in total. The summed E-state index contributed by atoms with van der Waals surface area (Å²) in [5.41, 5.74) is 0.407. The molecular weight excluding hydrogens is 310 g/mol. The number of aromatic nitrogens is 4. The van der Waals surface area contributed by atoms with E-state index in [1.54, 1.807) is 37.8 Å². The minimum absolute atomic E-state index is 0.0291. The Labute approximate surface area is 139 Å². The van der Waals surface area contributed by atoms with Crippen LogP contribution in [0.3, 0.4) is 0 Å². The molecule has 8 heteroatoms. The summed E-state index contributed by atoms with van der Waals surface area (Å²) in [7, 11) is 1.74. The number of anilines is 1. The summed E-state index contributed by atoms with van der Waals surface area (Å²) in [6.45, 7) is 4.71. The van der Waals surface area contributed by atoms with Crippen LogP contribution in [0.4, 0.5) is 5.95 Å². The molecule has 1 fully saturated rings. The second-order valence-electron chi connectivity index (χ2n) is 6.03. The molecule has 24 heavy (non-hydrogen) atoms. The van der Waals surface area contributed by atoms with Crippen LogP contribution >= 0.6 is 0 Å². The lowest BCUT2D eigenvalue weighted by atomic mass is 10.1. The summed E-state index contributed by atoms with van der Waals surface area (Å²) >= 11 is 0. The van der Waals surface area contributed by atoms with Gasteiger partial charge >= 0.3 is 0 Å². The van der Waals surface area contributed by atoms with Crippen LogP contribution in [-0.4, -0.2) is 37.9 Å². The minimum atomic E-state index is -0.496. The fourth-order valence-corrected chi connectivity index (χ4v) is 2.77. The monoisotopic (exact) mass is 331 g/mol. The topological polar surface area (TPSA) is 91.0 Å². The summed E-state index contributed by atoms with van der Waals surface area (Å²) in [5.74, 6) is 0.365. The highest BCUT2D eigenvalue weighted by atomic mass is 16.5. The van der Waals surface area contributed by atoms with E-state index in [2.05, 4.69) is 15.4 Å². The third-order valence-corrected chi connectivity index (χ3v) is 4.23. The van der Waals surface area contributed by atoms with Gasteiger partial charge in [0.05, 0.1) is 12.6 Å². The number of carbonyl (C=O) groups is 1. The SMILES string of the molecule is Cc1ccn(CC2CCCO2)c(=O)c1C(=O)Nc1nc(C)n(C)n1. The molecule has 1 unspecified atom stereocenters. The zero-order chi connectivity index (χ0) is 17.3. The lowest BCUT2D eigenvalue weighted by Gasteiger charge is -2.14. The van der Waals surface area contributed by atoms with Gasteiger partial charge in [0.2, 0.25) is 5.95 Å². The number of pyridine rings is 1. The van der Waals surface area contributed by atoms with Crippen molar-refractivity contribution in [3.8, 4) is 0 Å². The van der Waals surface area contributed by atoms with Gasteiger partial charge in [-0.25, -0.2) is 0 Å². The Morgan fingerprint density at radius 3 is 2.88 bits per heavy atom. The molecule has 2 aromatic rings. The van der Waals surface area contributed by atoms with Gasteiger partial charge < -0.3 is 9.30 Å². The average molecular weight is 331 g/mol. The van der Waals surface area contributed by atoms with Crippen LogP contribution in [0.25, 0.3) is 0 Å². The lowest BCUT2D eigenvalue weighted by Crippen LogP contribution is -2.33. The molecule has 1 amide bonds. The number of aryl methyl sites for hydroxylation is 3. The van der Waals surface area contributed by atoms with Gasteiger partial charge in [-0.2, -0.15) is 4.98 Å². The van der Waals surface area contributed by atoms with Crippen LogP contribution in [0.2, 0.25) is 0 Å². The molecule has 0 radical (unpaired) electrons. The van der Waals surface area contributed by atoms with Crippen LogP contribution in [0.1, 0.15) is 34.6 Å². The van der Waals surface area contributed by atoms with Crippen molar-refractivity contribution in [1.82, 2.24) is 19.3 Å². The van der Waals surface area contributed by atoms with Gasteiger partial charge in [-0.15, -0.1) is 5.10 Å². The number of ether oxygens (including phenoxy) is 1. The summed E-state index contributed by atoms with van der Waals surface area (Å²) in [6, 6.07) is 1.77. The third kappa shape index (κ3) is 3.23. The number of nitrogens with one attached hydrogen (secondary N) is 1. The van der Waals surface area contributed by atoms with Gasteiger partial charge in [-0.3, -0.25) is 19.6 Å². The predicted molar refractivity (Wildman–Crippen MR) is 88.1 cm³/mol. The van der Waals surface area contributed by atoms with Gasteiger partial charge in [-0.1, -0.05) is 0 Å². The molecule has 0 aromatic carbocycles. The maximum absolute atomic E-state index is 12.7. The van der Waals surface area contributed by atoms with Crippen LogP contribution in [-0.2, 0) is 18.3 Å². The first-order chi connectivity index (χ1) is 11.5. The van der Waals surface area contributed by atoms with Crippen molar-refractivity contribution >= 4 is 11.9 Å². The summed E-state index contributed by atoms with van der Waals surface area (Å²) in [6.07, 6.45) is 3.67. The normalized spacial score (nSPS) is 17.2. The fourth-order valence-electron chi connectivity index (χ4n) is 2.77. The molecule has 1 aliphatic heterocycles. The van der Waals surface area contributed by atoms with E-state index in [0.29, 0.717) is 17.9 Å². The van der Waals surface area contributed by atoms with Gasteiger partial charge in [-0.05, 0) is 38.3 Å². The van der Waals surface area contributed by atoms with Crippen LogP contribution in [0.15, 0.2) is 17.1 Å². The molecule has 0 spiro atoms. The van der Waals surface area contributed by atoms with E-state index < -0.39 is 5.91 Å². The van der Waals surface area contributed by atoms with Gasteiger partial charge in [0, 0.05) is 19.9 Å². The van der Waals surface area contributed by atoms with E-state index in [1.807, 2.05) is 0 Å². The Bertz CT molecular complexity index is 798. The van der Waals surface area contributed by atoms with E-state index in [1.165, 1.54) is 4.57 Å². The number of nitrogens with zero attached hydrogens (tertiary/aromatic N) is 4. The molecule has 2 aromatic heterocycles. The van der Waals surface area contributed by atoms with Crippen molar-refractivity contribution in [3.05, 3.63) is 39.6 Å². The van der Waals surface area contributed by atoms with Crippen molar-refractivity contribution in [2.24, 2.45) is 7.05 Å². The summed E-state index contributed by atoms with van der Waals surface area (Å²) in [4.78, 5) is 29.3. The zero-order valence-electron chi connectivity index (χ0n) is 14.1. The number of hydrogen-bond donors (Lipinski definition) is 1. The Hall–Kier alpha value is -2.48. The van der Waals surface area contributed by atoms with Gasteiger partial charge in [0.15, 0.2) is 0 Å². The highest BCUT2D eigenvalue weighted by molar-refractivity contribution is 6.04. The Balaban J connectivity index is 1.85. The van der Waals surface area contributed by atoms with Crippen LogP contribution in [0, 0.1) is 13.8 Å². The molecule has 0 bridgehead atoms. The Kier molecular flexibility index (Phi) is 4.48. The number of rotatable bonds is 4. The molecule has 3 rings (SSSR count). The standard InChI is InChI=1S/C16H21N5O3/c1-10-6-7-21(9-12-5-4-8-24-12)15(23)13(10)14(22)18-16-17-11(2)20(3)19-16/h6-7,12H,4-5,8-9H2,1-3H3,(H,18,19,22). The molecule has 1 saturated heterocycles. The average Bonchev–Trinajstić information content (AvgIpc) is 3.13. The van der Waals surface area contributed by atoms with E-state index in [4.69, 9.17) is 4.74 Å². The molecule has 0 aliphatic carbocycles. The second kappa shape index (κ2) is 6.56. The van der Waals surface area contributed by atoms with Crippen LogP contribution in [0.5, 0.6) is 0 Å². The maximum atomic E-state index is 12.7. The van der Waals surface area contributed by atoms with Crippen LogP contribution < -0.4 is 10.9 Å². The second-order valence-corrected chi connectivity index (χ2v) is 6.03. The highest BCUT2D eigenvalue weighted by Gasteiger charge is 2.21. The molecule has 1 atom stereocenters. The minimum Gasteiger partial charge on any atom is -0.376 e. The van der Waals surface area contributed by atoms with Crippen molar-refractivity contribution in [2.75, 3.05) is 11.9 Å². The highest BCUT2D eigenvalue weighted by Crippen LogP contribution is 2.14. The van der Waals surface area contributed by atoms with E-state index in [9.17, 15) is 9.59 Å². The summed E-state index contributed by atoms with van der Waals surface area (Å²) in [5, 5.41) is 6.68. The largest absolute Gasteiger partial charge is 0.376 e. The lowest BCUT2D eigenvalue weighted by molar-refractivity contribution is 0.0952. The smallest absolute Gasteiger partial charge is 0.263 e. The predicted octanol–water partition coefficient (Wildman–Crippen LogP) is 1.02. The van der Waals surface area contributed by atoms with Crippen molar-refractivity contribution in [3.63, 3.8) is 0 Å². The van der Waals surface area contributed by atoms with Crippen molar-refractivity contribution in [2.45, 2.75) is 39.3 Å². The van der Waals surface area contributed by atoms with Crippen molar-refractivity contribution in [1.29, 1.82) is 0 Å². The zero-order valence-corrected chi connectivity index (χ0v) is 14.1. The molecule has 128 valence electrons. The number of hydrogen-bond acceptors (Lipinski definition) is 5. The first-order valence-corrected chi connectivity index (χ1v) is 7.96. The first-order valence-electron chi connectivity index (χ1n) is 7.96. The maximum Gasteiger partial charge on any atom is 0.263 e. The quantitative estimate of drug-likeness (QED) is 0.903. The molecule has 8 nitrogen and oxygen atoms in total. The molecule has 3 heterocycles. The Morgan fingerprint density at radius 1 is 1.46 bits per heavy atom. The number of amides is 1.